The SMILES string of the molecule is Cn1c(=O)c2c(nc3nc(-c4ccccc4)ccn32)n(C)c1=O. The Bertz CT molecular complexity index is 1170. The van der Waals surface area contributed by atoms with Crippen molar-refractivity contribution in [2.75, 3.05) is 0 Å². The largest absolute Gasteiger partial charge is 0.332 e. The number of rotatable bonds is 1. The molecule has 0 unspecified atom stereocenters. The summed E-state index contributed by atoms with van der Waals surface area (Å²) in [6.45, 7) is 0. The van der Waals surface area contributed by atoms with Crippen LogP contribution >= 0.6 is 0 Å². The van der Waals surface area contributed by atoms with E-state index in [9.17, 15) is 9.59 Å². The van der Waals surface area contributed by atoms with Gasteiger partial charge < -0.3 is 0 Å². The van der Waals surface area contributed by atoms with Gasteiger partial charge in [-0.1, -0.05) is 30.3 Å². The second-order valence-electron chi connectivity index (χ2n) is 5.34. The van der Waals surface area contributed by atoms with Crippen molar-refractivity contribution in [1.29, 1.82) is 0 Å². The quantitative estimate of drug-likeness (QED) is 0.525. The lowest BCUT2D eigenvalue weighted by atomic mass is 10.1. The molecule has 3 heterocycles. The molecular weight excluding hydrogens is 294 g/mol. The molecule has 0 radical (unpaired) electrons. The van der Waals surface area contributed by atoms with Crippen molar-refractivity contribution in [2.45, 2.75) is 0 Å². The Labute approximate surface area is 130 Å². The summed E-state index contributed by atoms with van der Waals surface area (Å²) < 4.78 is 4.04. The first-order valence-corrected chi connectivity index (χ1v) is 7.08. The molecule has 0 atom stereocenters. The summed E-state index contributed by atoms with van der Waals surface area (Å²) in [7, 11) is 3.05. The predicted octanol–water partition coefficient (Wildman–Crippen LogP) is 0.947. The lowest BCUT2D eigenvalue weighted by molar-refractivity contribution is 0.708. The third-order valence-corrected chi connectivity index (χ3v) is 3.94. The van der Waals surface area contributed by atoms with E-state index in [0.717, 1.165) is 15.8 Å². The molecule has 23 heavy (non-hydrogen) atoms. The number of fused-ring (bicyclic) bond motifs is 3. The summed E-state index contributed by atoms with van der Waals surface area (Å²) in [5, 5.41) is 0. The van der Waals surface area contributed by atoms with E-state index in [0.29, 0.717) is 16.9 Å². The standard InChI is InChI=1S/C16H13N5O2/c1-19-13-12(14(22)20(2)16(19)23)21-9-8-11(17-15(21)18-13)10-6-4-3-5-7-10/h3-9H,1-2H3. The minimum Gasteiger partial charge on any atom is -0.279 e. The Morgan fingerprint density at radius 3 is 2.39 bits per heavy atom. The fourth-order valence-electron chi connectivity index (χ4n) is 2.68. The van der Waals surface area contributed by atoms with E-state index in [1.54, 1.807) is 17.6 Å². The van der Waals surface area contributed by atoms with Crippen LogP contribution < -0.4 is 11.2 Å². The number of imidazole rings is 1. The van der Waals surface area contributed by atoms with Gasteiger partial charge in [0.25, 0.3) is 5.56 Å². The van der Waals surface area contributed by atoms with Gasteiger partial charge in [0.2, 0.25) is 5.78 Å². The van der Waals surface area contributed by atoms with Crippen LogP contribution in [0.2, 0.25) is 0 Å². The highest BCUT2D eigenvalue weighted by Crippen LogP contribution is 2.18. The zero-order valence-corrected chi connectivity index (χ0v) is 12.6. The van der Waals surface area contributed by atoms with Crippen LogP contribution in [-0.4, -0.2) is 23.5 Å². The maximum Gasteiger partial charge on any atom is 0.332 e. The van der Waals surface area contributed by atoms with Gasteiger partial charge in [-0.15, -0.1) is 0 Å². The van der Waals surface area contributed by atoms with E-state index >= 15 is 0 Å². The van der Waals surface area contributed by atoms with Crippen molar-refractivity contribution in [3.05, 3.63) is 63.4 Å². The van der Waals surface area contributed by atoms with Gasteiger partial charge in [-0.2, -0.15) is 4.98 Å². The number of aromatic nitrogens is 5. The zero-order chi connectivity index (χ0) is 16.1. The monoisotopic (exact) mass is 307 g/mol. The Morgan fingerprint density at radius 2 is 1.65 bits per heavy atom. The molecule has 0 amide bonds. The number of benzene rings is 1. The van der Waals surface area contributed by atoms with Crippen LogP contribution in [0.25, 0.3) is 28.2 Å². The number of hydrogen-bond acceptors (Lipinski definition) is 4. The van der Waals surface area contributed by atoms with Crippen LogP contribution in [-0.2, 0) is 14.1 Å². The van der Waals surface area contributed by atoms with Crippen LogP contribution in [0.1, 0.15) is 0 Å². The molecule has 7 nitrogen and oxygen atoms in total. The van der Waals surface area contributed by atoms with Crippen molar-refractivity contribution in [3.8, 4) is 11.3 Å². The first kappa shape index (κ1) is 13.4. The van der Waals surface area contributed by atoms with Crippen LogP contribution in [0.4, 0.5) is 0 Å². The van der Waals surface area contributed by atoms with Crippen molar-refractivity contribution in [2.24, 2.45) is 14.1 Å². The highest BCUT2D eigenvalue weighted by Gasteiger charge is 2.16. The van der Waals surface area contributed by atoms with Crippen LogP contribution in [0.5, 0.6) is 0 Å². The smallest absolute Gasteiger partial charge is 0.279 e. The third kappa shape index (κ3) is 1.83. The first-order chi connectivity index (χ1) is 11.1. The van der Waals surface area contributed by atoms with Crippen molar-refractivity contribution >= 4 is 16.9 Å². The normalized spacial score (nSPS) is 11.4. The molecule has 0 fully saturated rings. The first-order valence-electron chi connectivity index (χ1n) is 7.08. The number of aryl methyl sites for hydroxylation is 1. The van der Waals surface area contributed by atoms with Crippen LogP contribution in [0, 0.1) is 0 Å². The predicted molar refractivity (Wildman–Crippen MR) is 86.4 cm³/mol. The van der Waals surface area contributed by atoms with E-state index < -0.39 is 5.69 Å². The molecule has 0 bridgehead atoms. The minimum absolute atomic E-state index is 0.329. The second kappa shape index (κ2) is 4.64. The average molecular weight is 307 g/mol. The molecule has 0 saturated heterocycles. The Kier molecular flexibility index (Phi) is 2.71. The summed E-state index contributed by atoms with van der Waals surface area (Å²) in [4.78, 5) is 33.3. The molecule has 114 valence electrons. The summed E-state index contributed by atoms with van der Waals surface area (Å²) in [6, 6.07) is 11.5. The fraction of sp³-hybridized carbons (Fsp3) is 0.125. The Balaban J connectivity index is 2.11. The molecule has 1 aromatic carbocycles. The van der Waals surface area contributed by atoms with Gasteiger partial charge in [0.05, 0.1) is 5.69 Å². The van der Waals surface area contributed by atoms with Gasteiger partial charge in [0.1, 0.15) is 0 Å². The van der Waals surface area contributed by atoms with Gasteiger partial charge in [-0.05, 0) is 6.07 Å². The molecule has 0 N–H and O–H groups in total. The number of nitrogens with zero attached hydrogens (tertiary/aromatic N) is 5. The molecule has 4 rings (SSSR count). The van der Waals surface area contributed by atoms with Gasteiger partial charge in [0, 0.05) is 25.9 Å². The van der Waals surface area contributed by atoms with E-state index in [-0.39, 0.29) is 5.56 Å². The van der Waals surface area contributed by atoms with Crippen molar-refractivity contribution < 1.29 is 0 Å². The highest BCUT2D eigenvalue weighted by molar-refractivity contribution is 5.76. The molecule has 0 aliphatic rings. The van der Waals surface area contributed by atoms with Gasteiger partial charge in [-0.25, -0.2) is 9.78 Å². The summed E-state index contributed by atoms with van der Waals surface area (Å²) in [5.41, 5.74) is 1.60. The van der Waals surface area contributed by atoms with E-state index in [1.165, 1.54) is 11.6 Å². The second-order valence-corrected chi connectivity index (χ2v) is 5.34. The lowest BCUT2D eigenvalue weighted by Gasteiger charge is -2.03. The molecule has 7 heteroatoms. The molecule has 3 aromatic heterocycles. The van der Waals surface area contributed by atoms with Gasteiger partial charge in [0.15, 0.2) is 11.2 Å². The number of hydrogen-bond donors (Lipinski definition) is 0. The average Bonchev–Trinajstić information content (AvgIpc) is 2.97. The molecule has 0 saturated carbocycles. The fourth-order valence-corrected chi connectivity index (χ4v) is 2.68. The zero-order valence-electron chi connectivity index (χ0n) is 12.6. The minimum atomic E-state index is -0.408. The topological polar surface area (TPSA) is 74.2 Å². The van der Waals surface area contributed by atoms with E-state index in [4.69, 9.17) is 0 Å². The maximum absolute atomic E-state index is 12.4. The van der Waals surface area contributed by atoms with E-state index in [1.807, 2.05) is 36.4 Å². The summed E-state index contributed by atoms with van der Waals surface area (Å²) >= 11 is 0. The van der Waals surface area contributed by atoms with E-state index in [2.05, 4.69) is 9.97 Å². The van der Waals surface area contributed by atoms with Crippen LogP contribution in [0.15, 0.2) is 52.2 Å². The highest BCUT2D eigenvalue weighted by atomic mass is 16.2. The third-order valence-electron chi connectivity index (χ3n) is 3.94. The molecular formula is C16H13N5O2. The Hall–Kier alpha value is -3.22. The van der Waals surface area contributed by atoms with Gasteiger partial charge >= 0.3 is 5.69 Å². The Morgan fingerprint density at radius 1 is 0.913 bits per heavy atom. The summed E-state index contributed by atoms with van der Waals surface area (Å²) in [6.07, 6.45) is 1.76. The molecule has 0 spiro atoms. The molecule has 0 aliphatic carbocycles. The summed E-state index contributed by atoms with van der Waals surface area (Å²) in [5.74, 6) is 0.389. The maximum atomic E-state index is 12.4. The van der Waals surface area contributed by atoms with Crippen molar-refractivity contribution in [1.82, 2.24) is 23.5 Å². The van der Waals surface area contributed by atoms with Gasteiger partial charge in [-0.3, -0.25) is 18.3 Å². The molecule has 4 aromatic rings. The van der Waals surface area contributed by atoms with Crippen LogP contribution in [0.3, 0.4) is 0 Å². The lowest BCUT2D eigenvalue weighted by Crippen LogP contribution is -2.37. The van der Waals surface area contributed by atoms with Crippen molar-refractivity contribution in [3.63, 3.8) is 0 Å². The molecule has 0 aliphatic heterocycles.